The second-order valence-electron chi connectivity index (χ2n) is 7.13. The fourth-order valence-corrected chi connectivity index (χ4v) is 3.31. The molecule has 0 bridgehead atoms. The molecule has 5 heteroatoms. The van der Waals surface area contributed by atoms with Gasteiger partial charge in [0, 0.05) is 11.8 Å². The molecule has 4 rings (SSSR count). The van der Waals surface area contributed by atoms with Gasteiger partial charge in [-0.25, -0.2) is 0 Å². The van der Waals surface area contributed by atoms with Crippen LogP contribution in [-0.2, 0) is 4.79 Å². The van der Waals surface area contributed by atoms with E-state index in [1.54, 1.807) is 24.3 Å². The lowest BCUT2D eigenvalue weighted by molar-refractivity contribution is -0.118. The van der Waals surface area contributed by atoms with Crippen molar-refractivity contribution < 1.29 is 13.9 Å². The predicted octanol–water partition coefficient (Wildman–Crippen LogP) is 4.89. The first kappa shape index (κ1) is 18.7. The number of hydrogen-bond acceptors (Lipinski definition) is 4. The van der Waals surface area contributed by atoms with E-state index in [1.165, 1.54) is 0 Å². The van der Waals surface area contributed by atoms with Gasteiger partial charge in [0.15, 0.2) is 6.61 Å². The van der Waals surface area contributed by atoms with Crippen LogP contribution in [0, 0.1) is 20.8 Å². The monoisotopic (exact) mass is 387 g/mol. The van der Waals surface area contributed by atoms with E-state index in [-0.39, 0.29) is 17.9 Å². The summed E-state index contributed by atoms with van der Waals surface area (Å²) in [7, 11) is 0. The minimum absolute atomic E-state index is 0.0823. The van der Waals surface area contributed by atoms with E-state index in [1.807, 2.05) is 51.1 Å². The average molecular weight is 387 g/mol. The van der Waals surface area contributed by atoms with Crippen molar-refractivity contribution in [2.24, 2.45) is 0 Å². The summed E-state index contributed by atoms with van der Waals surface area (Å²) in [6.07, 6.45) is 0. The van der Waals surface area contributed by atoms with E-state index in [2.05, 4.69) is 5.32 Å². The van der Waals surface area contributed by atoms with Gasteiger partial charge in [0.25, 0.3) is 5.91 Å². The molecule has 1 amide bonds. The molecule has 1 heterocycles. The molecule has 146 valence electrons. The zero-order chi connectivity index (χ0) is 20.5. The van der Waals surface area contributed by atoms with Crippen molar-refractivity contribution in [1.82, 2.24) is 0 Å². The summed E-state index contributed by atoms with van der Waals surface area (Å²) in [6.45, 7) is 5.74. The van der Waals surface area contributed by atoms with E-state index >= 15 is 0 Å². The largest absolute Gasteiger partial charge is 0.483 e. The van der Waals surface area contributed by atoms with Crippen molar-refractivity contribution in [2.45, 2.75) is 20.8 Å². The van der Waals surface area contributed by atoms with Crippen molar-refractivity contribution in [3.05, 3.63) is 81.5 Å². The van der Waals surface area contributed by atoms with Crippen molar-refractivity contribution in [2.75, 3.05) is 11.9 Å². The maximum absolute atomic E-state index is 12.7. The molecule has 0 aliphatic heterocycles. The van der Waals surface area contributed by atoms with E-state index in [0.29, 0.717) is 33.4 Å². The summed E-state index contributed by atoms with van der Waals surface area (Å²) in [5.74, 6) is 0.399. The van der Waals surface area contributed by atoms with Gasteiger partial charge in [0.05, 0.1) is 10.8 Å². The number of anilines is 1. The van der Waals surface area contributed by atoms with Gasteiger partial charge in [-0.15, -0.1) is 0 Å². The Labute approximate surface area is 167 Å². The zero-order valence-corrected chi connectivity index (χ0v) is 16.5. The summed E-state index contributed by atoms with van der Waals surface area (Å²) in [5, 5.41) is 3.83. The molecule has 4 aromatic rings. The third-order valence-corrected chi connectivity index (χ3v) is 5.09. The van der Waals surface area contributed by atoms with Crippen molar-refractivity contribution >= 4 is 33.5 Å². The highest BCUT2D eigenvalue weighted by Crippen LogP contribution is 2.24. The first-order valence-corrected chi connectivity index (χ1v) is 9.39. The number of ether oxygens (including phenoxy) is 1. The van der Waals surface area contributed by atoms with Gasteiger partial charge >= 0.3 is 0 Å². The number of rotatable bonds is 4. The first-order chi connectivity index (χ1) is 13.9. The lowest BCUT2D eigenvalue weighted by Gasteiger charge is -2.11. The third-order valence-electron chi connectivity index (χ3n) is 5.09. The summed E-state index contributed by atoms with van der Waals surface area (Å²) in [4.78, 5) is 25.0. The van der Waals surface area contributed by atoms with Gasteiger partial charge in [-0.3, -0.25) is 9.59 Å². The van der Waals surface area contributed by atoms with Crippen LogP contribution in [0.2, 0.25) is 0 Å². The summed E-state index contributed by atoms with van der Waals surface area (Å²) >= 11 is 0. The normalized spacial score (nSPS) is 11.0. The second-order valence-corrected chi connectivity index (χ2v) is 7.13. The molecule has 1 N–H and O–H groups in total. The van der Waals surface area contributed by atoms with Crippen LogP contribution < -0.4 is 15.5 Å². The molecule has 1 aromatic heterocycles. The number of fused-ring (bicyclic) bond motifs is 2. The van der Waals surface area contributed by atoms with Crippen LogP contribution >= 0.6 is 0 Å². The lowest BCUT2D eigenvalue weighted by atomic mass is 10.1. The van der Waals surface area contributed by atoms with Gasteiger partial charge in [0.2, 0.25) is 5.43 Å². The van der Waals surface area contributed by atoms with E-state index in [0.717, 1.165) is 16.7 Å². The minimum atomic E-state index is -0.287. The smallest absolute Gasteiger partial charge is 0.262 e. The molecular weight excluding hydrogens is 366 g/mol. The van der Waals surface area contributed by atoms with Gasteiger partial charge in [0.1, 0.15) is 16.9 Å². The molecule has 0 fully saturated rings. The van der Waals surface area contributed by atoms with Crippen molar-refractivity contribution in [1.29, 1.82) is 0 Å². The molecule has 0 saturated heterocycles. The first-order valence-electron chi connectivity index (χ1n) is 9.39. The van der Waals surface area contributed by atoms with Crippen molar-refractivity contribution in [3.63, 3.8) is 0 Å². The summed E-state index contributed by atoms with van der Waals surface area (Å²) < 4.78 is 11.6. The Hall–Kier alpha value is -3.60. The Morgan fingerprint density at radius 1 is 0.966 bits per heavy atom. The second kappa shape index (κ2) is 7.43. The zero-order valence-electron chi connectivity index (χ0n) is 16.5. The number of para-hydroxylation sites is 1. The summed E-state index contributed by atoms with van der Waals surface area (Å²) in [5.41, 5.74) is 4.46. The quantitative estimate of drug-likeness (QED) is 0.506. The molecule has 0 spiro atoms. The highest BCUT2D eigenvalue weighted by atomic mass is 16.5. The maximum Gasteiger partial charge on any atom is 0.262 e. The van der Waals surface area contributed by atoms with E-state index in [9.17, 15) is 9.59 Å². The van der Waals surface area contributed by atoms with Crippen LogP contribution in [-0.4, -0.2) is 12.5 Å². The topological polar surface area (TPSA) is 68.5 Å². The number of nitrogens with one attached hydrogen (secondary N) is 1. The van der Waals surface area contributed by atoms with E-state index < -0.39 is 0 Å². The van der Waals surface area contributed by atoms with Gasteiger partial charge in [-0.05, 0) is 61.7 Å². The molecule has 0 unspecified atom stereocenters. The highest BCUT2D eigenvalue weighted by Gasteiger charge is 2.11. The highest BCUT2D eigenvalue weighted by molar-refractivity contribution is 5.96. The molecule has 29 heavy (non-hydrogen) atoms. The van der Waals surface area contributed by atoms with Gasteiger partial charge < -0.3 is 14.5 Å². The Bertz CT molecular complexity index is 1300. The SMILES string of the molecule is Cc1cccc(OCC(=O)Nc2ccc3c(=O)c4cccc(C)c4oc3c2)c1C. The number of amides is 1. The standard InChI is InChI=1S/C24H21NO4/c1-14-6-5-9-20(16(14)3)28-13-22(26)25-17-10-11-18-21(12-17)29-24-15(2)7-4-8-19(24)23(18)27/h4-12H,13H2,1-3H3,(H,25,26). The van der Waals surface area contributed by atoms with Gasteiger partial charge in [-0.1, -0.05) is 24.3 Å². The Morgan fingerprint density at radius 2 is 1.72 bits per heavy atom. The van der Waals surface area contributed by atoms with Crippen LogP contribution in [0.4, 0.5) is 5.69 Å². The van der Waals surface area contributed by atoms with Gasteiger partial charge in [-0.2, -0.15) is 0 Å². The Kier molecular flexibility index (Phi) is 4.80. The van der Waals surface area contributed by atoms with E-state index in [4.69, 9.17) is 9.15 Å². The Balaban J connectivity index is 1.57. The minimum Gasteiger partial charge on any atom is -0.483 e. The molecule has 0 aliphatic rings. The maximum atomic E-state index is 12.7. The van der Waals surface area contributed by atoms with Crippen LogP contribution in [0.5, 0.6) is 5.75 Å². The molecule has 5 nitrogen and oxygen atoms in total. The molecule has 3 aromatic carbocycles. The van der Waals surface area contributed by atoms with Crippen LogP contribution in [0.25, 0.3) is 21.9 Å². The fourth-order valence-electron chi connectivity index (χ4n) is 3.31. The van der Waals surface area contributed by atoms with Crippen LogP contribution in [0.3, 0.4) is 0 Å². The van der Waals surface area contributed by atoms with Crippen molar-refractivity contribution in [3.8, 4) is 5.75 Å². The number of benzene rings is 3. The molecular formula is C24H21NO4. The number of carbonyl (C=O) groups is 1. The fraction of sp³-hybridized carbons (Fsp3) is 0.167. The lowest BCUT2D eigenvalue weighted by Crippen LogP contribution is -2.20. The number of hydrogen-bond donors (Lipinski definition) is 1. The predicted molar refractivity (Wildman–Crippen MR) is 115 cm³/mol. The van der Waals surface area contributed by atoms with Crippen LogP contribution in [0.1, 0.15) is 16.7 Å². The van der Waals surface area contributed by atoms with Crippen LogP contribution in [0.15, 0.2) is 63.8 Å². The molecule has 0 atom stereocenters. The average Bonchev–Trinajstić information content (AvgIpc) is 2.70. The molecule has 0 aliphatic carbocycles. The molecule has 0 radical (unpaired) electrons. The summed E-state index contributed by atoms with van der Waals surface area (Å²) in [6, 6.07) is 16.3. The Morgan fingerprint density at radius 3 is 2.55 bits per heavy atom. The molecule has 0 saturated carbocycles. The number of carbonyl (C=O) groups excluding carboxylic acids is 1. The number of aryl methyl sites for hydroxylation is 2. The third kappa shape index (κ3) is 3.59.